The van der Waals surface area contributed by atoms with Crippen molar-refractivity contribution in [3.05, 3.63) is 56.7 Å². The molecule has 0 saturated carbocycles. The molecule has 1 aromatic carbocycles. The number of aromatic amines is 1. The van der Waals surface area contributed by atoms with Crippen LogP contribution in [0.1, 0.15) is 16.3 Å². The number of nitrogens with zero attached hydrogens (tertiary/aromatic N) is 2. The molecular weight excluding hydrogens is 342 g/mol. The molecule has 0 aliphatic heterocycles. The first-order valence-corrected chi connectivity index (χ1v) is 8.87. The minimum absolute atomic E-state index is 0.655. The molecular formula is C17H19N3O2S2. The van der Waals surface area contributed by atoms with E-state index in [1.165, 1.54) is 4.88 Å². The fraction of sp³-hybridized carbons (Fsp3) is 0.294. The summed E-state index contributed by atoms with van der Waals surface area (Å²) in [5.41, 5.74) is 1.16. The zero-order chi connectivity index (χ0) is 16.9. The van der Waals surface area contributed by atoms with Crippen LogP contribution in [0.15, 0.2) is 35.7 Å². The Hall–Kier alpha value is -2.12. The second-order valence-electron chi connectivity index (χ2n) is 5.29. The number of benzene rings is 1. The Morgan fingerprint density at radius 1 is 1.21 bits per heavy atom. The Kier molecular flexibility index (Phi) is 5.32. The molecule has 0 unspecified atom stereocenters. The van der Waals surface area contributed by atoms with Crippen molar-refractivity contribution in [1.82, 2.24) is 14.8 Å². The summed E-state index contributed by atoms with van der Waals surface area (Å²) >= 11 is 7.10. The minimum atomic E-state index is 0.655. The van der Waals surface area contributed by atoms with Crippen molar-refractivity contribution in [2.24, 2.45) is 0 Å². The summed E-state index contributed by atoms with van der Waals surface area (Å²) in [6.07, 6.45) is 1.63. The van der Waals surface area contributed by atoms with E-state index < -0.39 is 0 Å². The molecule has 0 saturated heterocycles. The predicted octanol–water partition coefficient (Wildman–Crippen LogP) is 3.85. The molecule has 7 heteroatoms. The first kappa shape index (κ1) is 16.7. The van der Waals surface area contributed by atoms with Crippen molar-refractivity contribution < 1.29 is 9.47 Å². The molecule has 2 aromatic heterocycles. The lowest BCUT2D eigenvalue weighted by Gasteiger charge is -2.10. The molecule has 1 N–H and O–H groups in total. The molecule has 3 aromatic rings. The Balaban J connectivity index is 1.75. The largest absolute Gasteiger partial charge is 0.493 e. The van der Waals surface area contributed by atoms with Gasteiger partial charge in [-0.05, 0) is 47.8 Å². The number of thiophene rings is 1. The number of ether oxygens (including phenoxy) is 2. The van der Waals surface area contributed by atoms with Crippen molar-refractivity contribution in [2.75, 3.05) is 14.2 Å². The van der Waals surface area contributed by atoms with Crippen molar-refractivity contribution >= 4 is 23.6 Å². The highest BCUT2D eigenvalue weighted by Crippen LogP contribution is 2.27. The molecule has 0 radical (unpaired) electrons. The zero-order valence-electron chi connectivity index (χ0n) is 13.6. The van der Waals surface area contributed by atoms with E-state index in [-0.39, 0.29) is 0 Å². The molecule has 2 heterocycles. The van der Waals surface area contributed by atoms with Crippen LogP contribution in [0.3, 0.4) is 0 Å². The molecule has 24 heavy (non-hydrogen) atoms. The van der Waals surface area contributed by atoms with Gasteiger partial charge in [0.05, 0.1) is 14.2 Å². The number of H-pyrrole nitrogens is 1. The van der Waals surface area contributed by atoms with Crippen LogP contribution < -0.4 is 9.47 Å². The summed E-state index contributed by atoms with van der Waals surface area (Å²) in [6, 6.07) is 10.1. The highest BCUT2D eigenvalue weighted by Gasteiger charge is 2.09. The second-order valence-corrected chi connectivity index (χ2v) is 6.71. The fourth-order valence-corrected chi connectivity index (χ4v) is 3.51. The van der Waals surface area contributed by atoms with Crippen LogP contribution in [-0.4, -0.2) is 29.0 Å². The van der Waals surface area contributed by atoms with E-state index in [2.05, 4.69) is 32.3 Å². The number of methoxy groups -OCH3 is 2. The SMILES string of the molecule is COc1ccc(CCn2c(Cc3cccs3)n[nH]c2=S)cc1OC. The Bertz CT molecular complexity index is 853. The molecule has 0 amide bonds. The standard InChI is InChI=1S/C17H19N3O2S2/c1-21-14-6-5-12(10-15(14)22-2)7-8-20-16(18-19-17(20)23)11-13-4-3-9-24-13/h3-6,9-10H,7-8,11H2,1-2H3,(H,19,23). The fourth-order valence-electron chi connectivity index (χ4n) is 2.56. The molecule has 0 atom stereocenters. The van der Waals surface area contributed by atoms with Gasteiger partial charge in [-0.1, -0.05) is 12.1 Å². The summed E-state index contributed by atoms with van der Waals surface area (Å²) in [6.45, 7) is 0.769. The van der Waals surface area contributed by atoms with Crippen LogP contribution in [0.25, 0.3) is 0 Å². The lowest BCUT2D eigenvalue weighted by molar-refractivity contribution is 0.354. The predicted molar refractivity (Wildman–Crippen MR) is 97.8 cm³/mol. The Labute approximate surface area is 149 Å². The van der Waals surface area contributed by atoms with E-state index in [0.717, 1.165) is 42.3 Å². The monoisotopic (exact) mass is 361 g/mol. The van der Waals surface area contributed by atoms with Gasteiger partial charge in [0.2, 0.25) is 0 Å². The van der Waals surface area contributed by atoms with Gasteiger partial charge in [0.1, 0.15) is 5.82 Å². The van der Waals surface area contributed by atoms with Crippen molar-refractivity contribution in [2.45, 2.75) is 19.4 Å². The van der Waals surface area contributed by atoms with Crippen LogP contribution in [0, 0.1) is 4.77 Å². The third-order valence-corrected chi connectivity index (χ3v) is 5.01. The number of aromatic nitrogens is 3. The quantitative estimate of drug-likeness (QED) is 0.650. The number of nitrogens with one attached hydrogen (secondary N) is 1. The van der Waals surface area contributed by atoms with Crippen molar-refractivity contribution in [1.29, 1.82) is 0 Å². The van der Waals surface area contributed by atoms with Crippen LogP contribution in [0.4, 0.5) is 0 Å². The van der Waals surface area contributed by atoms with E-state index in [1.807, 2.05) is 18.2 Å². The average molecular weight is 361 g/mol. The summed E-state index contributed by atoms with van der Waals surface area (Å²) in [4.78, 5) is 1.27. The van der Waals surface area contributed by atoms with Gasteiger partial charge < -0.3 is 14.0 Å². The van der Waals surface area contributed by atoms with Crippen LogP contribution >= 0.6 is 23.6 Å². The zero-order valence-corrected chi connectivity index (χ0v) is 15.2. The third-order valence-electron chi connectivity index (χ3n) is 3.82. The summed E-state index contributed by atoms with van der Waals surface area (Å²) < 4.78 is 13.4. The number of rotatable bonds is 7. The van der Waals surface area contributed by atoms with Gasteiger partial charge in [0, 0.05) is 17.8 Å². The maximum Gasteiger partial charge on any atom is 0.195 e. The van der Waals surface area contributed by atoms with Gasteiger partial charge in [-0.3, -0.25) is 5.10 Å². The topological polar surface area (TPSA) is 52.1 Å². The molecule has 0 aliphatic rings. The van der Waals surface area contributed by atoms with Crippen molar-refractivity contribution in [3.8, 4) is 11.5 Å². The van der Waals surface area contributed by atoms with E-state index in [4.69, 9.17) is 21.7 Å². The van der Waals surface area contributed by atoms with Gasteiger partial charge in [0.15, 0.2) is 16.3 Å². The third kappa shape index (κ3) is 3.68. The highest BCUT2D eigenvalue weighted by molar-refractivity contribution is 7.71. The number of hydrogen-bond acceptors (Lipinski definition) is 5. The molecule has 126 valence electrons. The highest BCUT2D eigenvalue weighted by atomic mass is 32.1. The molecule has 0 spiro atoms. The maximum atomic E-state index is 5.38. The van der Waals surface area contributed by atoms with Gasteiger partial charge in [-0.2, -0.15) is 5.10 Å². The Morgan fingerprint density at radius 3 is 2.75 bits per heavy atom. The average Bonchev–Trinajstić information content (AvgIpc) is 3.23. The van der Waals surface area contributed by atoms with E-state index in [0.29, 0.717) is 4.77 Å². The number of aryl methyl sites for hydroxylation is 1. The van der Waals surface area contributed by atoms with Gasteiger partial charge in [-0.25, -0.2) is 0 Å². The van der Waals surface area contributed by atoms with E-state index in [1.54, 1.807) is 25.6 Å². The lowest BCUT2D eigenvalue weighted by Crippen LogP contribution is -2.07. The van der Waals surface area contributed by atoms with Crippen LogP contribution in [-0.2, 0) is 19.4 Å². The number of hydrogen-bond donors (Lipinski definition) is 1. The van der Waals surface area contributed by atoms with Gasteiger partial charge in [-0.15, -0.1) is 11.3 Å². The summed E-state index contributed by atoms with van der Waals surface area (Å²) in [5.74, 6) is 2.44. The van der Waals surface area contributed by atoms with Crippen LogP contribution in [0.5, 0.6) is 11.5 Å². The van der Waals surface area contributed by atoms with E-state index >= 15 is 0 Å². The summed E-state index contributed by atoms with van der Waals surface area (Å²) in [5, 5.41) is 9.35. The normalized spacial score (nSPS) is 10.8. The van der Waals surface area contributed by atoms with Crippen molar-refractivity contribution in [3.63, 3.8) is 0 Å². The lowest BCUT2D eigenvalue weighted by atomic mass is 10.1. The smallest absolute Gasteiger partial charge is 0.195 e. The molecule has 0 aliphatic carbocycles. The van der Waals surface area contributed by atoms with Gasteiger partial charge in [0.25, 0.3) is 0 Å². The minimum Gasteiger partial charge on any atom is -0.493 e. The first-order chi connectivity index (χ1) is 11.7. The van der Waals surface area contributed by atoms with Crippen LogP contribution in [0.2, 0.25) is 0 Å². The molecule has 0 fully saturated rings. The summed E-state index contributed by atoms with van der Waals surface area (Å²) in [7, 11) is 3.28. The molecule has 3 rings (SSSR count). The first-order valence-electron chi connectivity index (χ1n) is 7.58. The molecule has 5 nitrogen and oxygen atoms in total. The van der Waals surface area contributed by atoms with Gasteiger partial charge >= 0.3 is 0 Å². The second kappa shape index (κ2) is 7.63. The Morgan fingerprint density at radius 2 is 2.04 bits per heavy atom. The maximum absolute atomic E-state index is 5.38. The molecule has 0 bridgehead atoms. The van der Waals surface area contributed by atoms with E-state index in [9.17, 15) is 0 Å².